The lowest BCUT2D eigenvalue weighted by molar-refractivity contribution is -0.122. The molecule has 1 aromatic heterocycles. The van der Waals surface area contributed by atoms with Gasteiger partial charge in [0.2, 0.25) is 11.8 Å². The number of anilines is 2. The summed E-state index contributed by atoms with van der Waals surface area (Å²) in [6.07, 6.45) is 1.80. The van der Waals surface area contributed by atoms with Crippen LogP contribution in [0.1, 0.15) is 12.0 Å². The van der Waals surface area contributed by atoms with Crippen molar-refractivity contribution in [3.05, 3.63) is 64.8 Å². The second kappa shape index (κ2) is 8.66. The second-order valence-corrected chi connectivity index (χ2v) is 8.64. The molecule has 0 radical (unpaired) electrons. The molecule has 2 amide bonds. The highest BCUT2D eigenvalue weighted by Gasteiger charge is 2.36. The zero-order valence-corrected chi connectivity index (χ0v) is 18.7. The third kappa shape index (κ3) is 4.20. The number of nitrogens with one attached hydrogen (secondary N) is 1. The number of hydrogen-bond acceptors (Lipinski definition) is 5. The third-order valence-corrected chi connectivity index (χ3v) is 6.08. The molecule has 0 saturated carbocycles. The molecule has 3 heterocycles. The highest BCUT2D eigenvalue weighted by atomic mass is 79.9. The van der Waals surface area contributed by atoms with Crippen LogP contribution >= 0.6 is 15.9 Å². The first kappa shape index (κ1) is 20.6. The Hall–Kier alpha value is -3.33. The Morgan fingerprint density at radius 2 is 1.88 bits per heavy atom. The number of ether oxygens (including phenoxy) is 2. The molecule has 1 fully saturated rings. The zero-order valence-electron chi connectivity index (χ0n) is 17.2. The van der Waals surface area contributed by atoms with Gasteiger partial charge in [-0.2, -0.15) is 5.10 Å². The molecule has 0 bridgehead atoms. The Morgan fingerprint density at radius 1 is 1.09 bits per heavy atom. The van der Waals surface area contributed by atoms with Crippen LogP contribution in [0.5, 0.6) is 11.5 Å². The van der Waals surface area contributed by atoms with Crippen LogP contribution in [0.15, 0.2) is 59.2 Å². The monoisotopic (exact) mass is 496 g/mol. The lowest BCUT2D eigenvalue weighted by Crippen LogP contribution is -2.29. The Morgan fingerprint density at radius 3 is 2.69 bits per heavy atom. The van der Waals surface area contributed by atoms with Crippen LogP contribution in [0.4, 0.5) is 11.5 Å². The highest BCUT2D eigenvalue weighted by molar-refractivity contribution is 9.10. The highest BCUT2D eigenvalue weighted by Crippen LogP contribution is 2.36. The van der Waals surface area contributed by atoms with E-state index in [1.54, 1.807) is 34.0 Å². The van der Waals surface area contributed by atoms with Gasteiger partial charge in [-0.15, -0.1) is 0 Å². The normalized spacial score (nSPS) is 17.5. The smallest absolute Gasteiger partial charge is 0.230 e. The predicted molar refractivity (Wildman–Crippen MR) is 122 cm³/mol. The van der Waals surface area contributed by atoms with Gasteiger partial charge >= 0.3 is 0 Å². The van der Waals surface area contributed by atoms with Crippen LogP contribution in [0, 0.1) is 5.92 Å². The van der Waals surface area contributed by atoms with Crippen molar-refractivity contribution in [1.29, 1.82) is 0 Å². The van der Waals surface area contributed by atoms with Gasteiger partial charge in [-0.25, -0.2) is 4.68 Å². The van der Waals surface area contributed by atoms with Gasteiger partial charge in [-0.3, -0.25) is 9.59 Å². The van der Waals surface area contributed by atoms with Crippen molar-refractivity contribution >= 4 is 39.2 Å². The number of rotatable bonds is 5. The summed E-state index contributed by atoms with van der Waals surface area (Å²) in [5.41, 5.74) is 1.77. The topological polar surface area (TPSA) is 85.7 Å². The van der Waals surface area contributed by atoms with Gasteiger partial charge < -0.3 is 19.7 Å². The minimum Gasteiger partial charge on any atom is -0.486 e. The van der Waals surface area contributed by atoms with Gasteiger partial charge in [0.25, 0.3) is 0 Å². The number of aromatic nitrogens is 2. The minimum absolute atomic E-state index is 0.0924. The van der Waals surface area contributed by atoms with E-state index < -0.39 is 5.92 Å². The number of fused-ring (bicyclic) bond motifs is 1. The molecular weight excluding hydrogens is 476 g/mol. The number of halogens is 1. The first-order chi connectivity index (χ1) is 15.6. The largest absolute Gasteiger partial charge is 0.486 e. The molecule has 0 aliphatic carbocycles. The first-order valence-corrected chi connectivity index (χ1v) is 11.1. The molecule has 2 aliphatic heterocycles. The van der Waals surface area contributed by atoms with Crippen LogP contribution in [0.25, 0.3) is 0 Å². The molecule has 8 nitrogen and oxygen atoms in total. The van der Waals surface area contributed by atoms with Crippen molar-refractivity contribution < 1.29 is 19.1 Å². The van der Waals surface area contributed by atoms with Gasteiger partial charge in [-0.1, -0.05) is 28.1 Å². The van der Waals surface area contributed by atoms with E-state index in [4.69, 9.17) is 9.47 Å². The summed E-state index contributed by atoms with van der Waals surface area (Å²) in [5.74, 6) is 1.14. The average Bonchev–Trinajstić information content (AvgIpc) is 3.41. The molecule has 5 rings (SSSR count). The van der Waals surface area contributed by atoms with Gasteiger partial charge in [0.15, 0.2) is 11.5 Å². The number of carbonyl (C=O) groups excluding carboxylic acids is 2. The van der Waals surface area contributed by atoms with E-state index in [0.717, 1.165) is 10.0 Å². The predicted octanol–water partition coefficient (Wildman–Crippen LogP) is 3.46. The maximum Gasteiger partial charge on any atom is 0.230 e. The van der Waals surface area contributed by atoms with Gasteiger partial charge in [0.1, 0.15) is 19.0 Å². The van der Waals surface area contributed by atoms with E-state index in [0.29, 0.717) is 49.3 Å². The van der Waals surface area contributed by atoms with Gasteiger partial charge in [-0.05, 0) is 29.8 Å². The summed E-state index contributed by atoms with van der Waals surface area (Å²) in [4.78, 5) is 27.2. The molecule has 32 heavy (non-hydrogen) atoms. The van der Waals surface area contributed by atoms with Crippen molar-refractivity contribution in [2.24, 2.45) is 5.92 Å². The number of nitrogens with zero attached hydrogens (tertiary/aromatic N) is 3. The summed E-state index contributed by atoms with van der Waals surface area (Å²) >= 11 is 3.43. The summed E-state index contributed by atoms with van der Waals surface area (Å²) in [6.45, 7) is 1.83. The SMILES string of the molecule is O=C(Nc1ccnn1Cc1ccc(Br)cc1)[C@@H]1CC(=O)N(c2ccc3c(c2)OCCO3)C1. The van der Waals surface area contributed by atoms with Gasteiger partial charge in [0, 0.05) is 35.3 Å². The molecule has 2 aromatic carbocycles. The molecule has 164 valence electrons. The quantitative estimate of drug-likeness (QED) is 0.584. The summed E-state index contributed by atoms with van der Waals surface area (Å²) < 4.78 is 13.9. The van der Waals surface area contributed by atoms with Crippen LogP contribution in [0.3, 0.4) is 0 Å². The number of amides is 2. The summed E-state index contributed by atoms with van der Waals surface area (Å²) in [6, 6.07) is 15.1. The molecular formula is C23H21BrN4O4. The molecule has 1 atom stereocenters. The van der Waals surface area contributed by atoms with E-state index in [-0.39, 0.29) is 18.2 Å². The van der Waals surface area contributed by atoms with E-state index in [9.17, 15) is 9.59 Å². The molecule has 2 aliphatic rings. The van der Waals surface area contributed by atoms with Crippen LogP contribution < -0.4 is 19.7 Å². The number of carbonyl (C=O) groups is 2. The lowest BCUT2D eigenvalue weighted by atomic mass is 10.1. The van der Waals surface area contributed by atoms with Crippen LogP contribution in [0.2, 0.25) is 0 Å². The second-order valence-electron chi connectivity index (χ2n) is 7.72. The molecule has 3 aromatic rings. The lowest BCUT2D eigenvalue weighted by Gasteiger charge is -2.22. The number of hydrogen-bond donors (Lipinski definition) is 1. The van der Waals surface area contributed by atoms with Crippen molar-refractivity contribution in [3.63, 3.8) is 0 Å². The summed E-state index contributed by atoms with van der Waals surface area (Å²) in [5, 5.41) is 7.25. The fourth-order valence-corrected chi connectivity index (χ4v) is 4.15. The third-order valence-electron chi connectivity index (χ3n) is 5.55. The van der Waals surface area contributed by atoms with Crippen LogP contribution in [-0.2, 0) is 16.1 Å². The van der Waals surface area contributed by atoms with E-state index in [1.165, 1.54) is 0 Å². The molecule has 0 spiro atoms. The average molecular weight is 497 g/mol. The maximum atomic E-state index is 12.9. The molecule has 1 saturated heterocycles. The standard InChI is InChI=1S/C23H21BrN4O4/c24-17-3-1-15(2-4-17)13-28-21(7-8-25-28)26-23(30)16-11-22(29)27(14-16)18-5-6-19-20(12-18)32-10-9-31-19/h1-8,12,16H,9-11,13-14H2,(H,26,30)/t16-/m1/s1. The molecule has 1 N–H and O–H groups in total. The Labute approximate surface area is 193 Å². The van der Waals surface area contributed by atoms with Crippen LogP contribution in [-0.4, -0.2) is 41.4 Å². The molecule has 0 unspecified atom stereocenters. The van der Waals surface area contributed by atoms with Crippen molar-refractivity contribution in [1.82, 2.24) is 9.78 Å². The number of benzene rings is 2. The Balaban J connectivity index is 1.26. The Kier molecular flexibility index (Phi) is 5.57. The molecule has 9 heteroatoms. The fraction of sp³-hybridized carbons (Fsp3) is 0.261. The van der Waals surface area contributed by atoms with E-state index >= 15 is 0 Å². The van der Waals surface area contributed by atoms with Gasteiger partial charge in [0.05, 0.1) is 18.7 Å². The minimum atomic E-state index is -0.452. The van der Waals surface area contributed by atoms with E-state index in [2.05, 4.69) is 26.3 Å². The van der Waals surface area contributed by atoms with Crippen molar-refractivity contribution in [2.45, 2.75) is 13.0 Å². The fourth-order valence-electron chi connectivity index (χ4n) is 3.89. The first-order valence-electron chi connectivity index (χ1n) is 10.3. The van der Waals surface area contributed by atoms with Crippen molar-refractivity contribution in [2.75, 3.05) is 30.0 Å². The van der Waals surface area contributed by atoms with Crippen molar-refractivity contribution in [3.8, 4) is 11.5 Å². The summed E-state index contributed by atoms with van der Waals surface area (Å²) in [7, 11) is 0. The van der Waals surface area contributed by atoms with E-state index in [1.807, 2.05) is 30.3 Å². The Bertz CT molecular complexity index is 1160. The maximum absolute atomic E-state index is 12.9. The zero-order chi connectivity index (χ0) is 22.1.